The van der Waals surface area contributed by atoms with Gasteiger partial charge >= 0.3 is 7.48 Å². The zero-order valence-electron chi connectivity index (χ0n) is 26.5. The van der Waals surface area contributed by atoms with Crippen LogP contribution in [0, 0.1) is 0 Å². The van der Waals surface area contributed by atoms with Crippen LogP contribution in [0.1, 0.15) is 166 Å². The fourth-order valence-electron chi connectivity index (χ4n) is 7.15. The number of benzene rings is 2. The molecular weight excluding hydrogens is 501 g/mol. The molecule has 2 aromatic carbocycles. The van der Waals surface area contributed by atoms with Gasteiger partial charge in [-0.25, -0.2) is 0 Å². The first-order chi connectivity index (χ1) is 20.2. The van der Waals surface area contributed by atoms with Gasteiger partial charge in [0, 0.05) is 5.41 Å². The van der Waals surface area contributed by atoms with Crippen molar-refractivity contribution in [2.75, 3.05) is 5.48 Å². The summed E-state index contributed by atoms with van der Waals surface area (Å²) in [5, 5.41) is 19.7. The van der Waals surface area contributed by atoms with Crippen LogP contribution < -0.4 is 10.9 Å². The maximum Gasteiger partial charge on any atom is 0.326 e. The van der Waals surface area contributed by atoms with Crippen molar-refractivity contribution < 1.29 is 10.2 Å². The molecule has 0 bridgehead atoms. The van der Waals surface area contributed by atoms with Crippen molar-refractivity contribution in [1.29, 1.82) is 0 Å². The van der Waals surface area contributed by atoms with Crippen molar-refractivity contribution in [3.63, 3.8) is 0 Å². The van der Waals surface area contributed by atoms with Crippen LogP contribution in [0.3, 0.4) is 0 Å². The van der Waals surface area contributed by atoms with Gasteiger partial charge in [0.15, 0.2) is 0 Å². The molecule has 4 heteroatoms. The Morgan fingerprint density at radius 2 is 0.976 bits per heavy atom. The summed E-state index contributed by atoms with van der Waals surface area (Å²) < 4.78 is 0. The third kappa shape index (κ3) is 10.2. The van der Waals surface area contributed by atoms with Crippen LogP contribution in [-0.2, 0) is 5.41 Å². The summed E-state index contributed by atoms with van der Waals surface area (Å²) in [4.78, 5) is 0. The summed E-state index contributed by atoms with van der Waals surface area (Å²) in [5.74, 6) is 0. The van der Waals surface area contributed by atoms with Gasteiger partial charge in [-0.3, -0.25) is 10.7 Å². The molecule has 0 aromatic heterocycles. The van der Waals surface area contributed by atoms with Gasteiger partial charge in [-0.1, -0.05) is 172 Å². The summed E-state index contributed by atoms with van der Waals surface area (Å²) in [7, 11) is 1.25. The summed E-state index contributed by atoms with van der Waals surface area (Å²) >= 11 is 0. The van der Waals surface area contributed by atoms with Crippen LogP contribution in [0.4, 0.5) is 5.69 Å². The first-order valence-corrected chi connectivity index (χ1v) is 17.4. The van der Waals surface area contributed by atoms with E-state index in [4.69, 9.17) is 0 Å². The van der Waals surface area contributed by atoms with Gasteiger partial charge < -0.3 is 5.02 Å². The van der Waals surface area contributed by atoms with E-state index >= 15 is 0 Å². The van der Waals surface area contributed by atoms with Crippen molar-refractivity contribution in [2.45, 2.75) is 161 Å². The van der Waals surface area contributed by atoms with E-state index in [0.29, 0.717) is 0 Å². The molecule has 0 atom stereocenters. The average molecular weight is 561 g/mol. The highest BCUT2D eigenvalue weighted by atomic mass is 16.5. The molecule has 227 valence electrons. The highest BCUT2D eigenvalue weighted by Gasteiger charge is 2.42. The van der Waals surface area contributed by atoms with Crippen molar-refractivity contribution in [2.24, 2.45) is 0 Å². The van der Waals surface area contributed by atoms with Crippen LogP contribution >= 0.6 is 0 Å². The molecular formula is C37H59BNO2. The minimum atomic E-state index is -0.0587. The first kappa shape index (κ1) is 33.7. The van der Waals surface area contributed by atoms with Gasteiger partial charge in [0.25, 0.3) is 0 Å². The minimum absolute atomic E-state index is 0.0587. The zero-order valence-corrected chi connectivity index (χ0v) is 26.5. The molecule has 3 N–H and O–H groups in total. The second-order valence-electron chi connectivity index (χ2n) is 12.8. The molecule has 2 aromatic rings. The smallest absolute Gasteiger partial charge is 0.326 e. The van der Waals surface area contributed by atoms with E-state index in [1.807, 2.05) is 12.1 Å². The number of unbranched alkanes of at least 4 members (excludes halogenated alkanes) is 18. The summed E-state index contributed by atoms with van der Waals surface area (Å²) in [5.41, 5.74) is 9.32. The topological polar surface area (TPSA) is 52.5 Å². The Balaban J connectivity index is 1.65. The number of anilines is 1. The van der Waals surface area contributed by atoms with Crippen molar-refractivity contribution in [3.05, 3.63) is 47.5 Å². The van der Waals surface area contributed by atoms with Gasteiger partial charge in [-0.05, 0) is 47.2 Å². The Morgan fingerprint density at radius 3 is 1.41 bits per heavy atom. The molecule has 0 saturated heterocycles. The lowest BCUT2D eigenvalue weighted by molar-refractivity contribution is 0.386. The lowest BCUT2D eigenvalue weighted by Gasteiger charge is -2.33. The van der Waals surface area contributed by atoms with E-state index in [1.54, 1.807) is 0 Å². The molecule has 3 nitrogen and oxygen atoms in total. The second kappa shape index (κ2) is 19.4. The zero-order chi connectivity index (χ0) is 29.2. The molecule has 3 rings (SSSR count). The van der Waals surface area contributed by atoms with E-state index in [0.717, 1.165) is 24.0 Å². The molecule has 1 radical (unpaired) electrons. The summed E-state index contributed by atoms with van der Waals surface area (Å²) in [6.07, 6.45) is 29.1. The Bertz CT molecular complexity index is 911. The van der Waals surface area contributed by atoms with Gasteiger partial charge in [-0.2, -0.15) is 0 Å². The second-order valence-corrected chi connectivity index (χ2v) is 12.8. The van der Waals surface area contributed by atoms with E-state index in [2.05, 4.69) is 43.6 Å². The monoisotopic (exact) mass is 560 g/mol. The molecule has 0 spiro atoms. The fraction of sp³-hybridized carbons (Fsp3) is 0.676. The minimum Gasteiger partial charge on any atom is -0.450 e. The number of hydrogen-bond donors (Lipinski definition) is 3. The molecule has 1 aliphatic carbocycles. The lowest BCUT2D eigenvalue weighted by atomic mass is 9.69. The van der Waals surface area contributed by atoms with Crippen molar-refractivity contribution >= 4 is 18.6 Å². The number of rotatable bonds is 24. The lowest BCUT2D eigenvalue weighted by Crippen LogP contribution is -2.27. The highest BCUT2D eigenvalue weighted by molar-refractivity contribution is 6.45. The molecule has 0 unspecified atom stereocenters. The van der Waals surface area contributed by atoms with E-state index in [1.165, 1.54) is 158 Å². The highest BCUT2D eigenvalue weighted by Crippen LogP contribution is 2.54. The summed E-state index contributed by atoms with van der Waals surface area (Å²) in [6, 6.07) is 12.8. The quantitative estimate of drug-likeness (QED) is 0.0680. The van der Waals surface area contributed by atoms with Gasteiger partial charge in [0.2, 0.25) is 0 Å². The molecule has 0 saturated carbocycles. The predicted octanol–water partition coefficient (Wildman–Crippen LogP) is 10.6. The van der Waals surface area contributed by atoms with E-state index in [-0.39, 0.29) is 5.41 Å². The fourth-order valence-corrected chi connectivity index (χ4v) is 7.15. The van der Waals surface area contributed by atoms with Crippen LogP contribution in [0.25, 0.3) is 11.1 Å². The summed E-state index contributed by atoms with van der Waals surface area (Å²) in [6.45, 7) is 4.57. The van der Waals surface area contributed by atoms with Gasteiger partial charge in [0.1, 0.15) is 0 Å². The molecule has 1 aliphatic rings. The number of hydrogen-bond acceptors (Lipinski definition) is 3. The van der Waals surface area contributed by atoms with Crippen LogP contribution in [0.15, 0.2) is 36.4 Å². The largest absolute Gasteiger partial charge is 0.450 e. The molecule has 0 aliphatic heterocycles. The van der Waals surface area contributed by atoms with E-state index in [9.17, 15) is 10.2 Å². The molecule has 41 heavy (non-hydrogen) atoms. The average Bonchev–Trinajstić information content (AvgIpc) is 3.27. The third-order valence-electron chi connectivity index (χ3n) is 9.58. The Labute approximate surface area is 253 Å². The Hall–Kier alpha value is -1.78. The van der Waals surface area contributed by atoms with E-state index < -0.39 is 0 Å². The Morgan fingerprint density at radius 1 is 0.561 bits per heavy atom. The Kier molecular flexibility index (Phi) is 16.0. The van der Waals surface area contributed by atoms with Gasteiger partial charge in [-0.15, -0.1) is 0 Å². The number of nitrogens with one attached hydrogen (secondary N) is 1. The molecule has 0 amide bonds. The van der Waals surface area contributed by atoms with Crippen LogP contribution in [-0.4, -0.2) is 17.7 Å². The maximum atomic E-state index is 9.90. The predicted molar refractivity (Wildman–Crippen MR) is 179 cm³/mol. The normalized spacial score (nSPS) is 13.3. The van der Waals surface area contributed by atoms with Crippen molar-refractivity contribution in [3.8, 4) is 11.1 Å². The number of fused-ring (bicyclic) bond motifs is 3. The van der Waals surface area contributed by atoms with Crippen LogP contribution in [0.2, 0.25) is 0 Å². The van der Waals surface area contributed by atoms with Gasteiger partial charge in [0.05, 0.1) is 5.69 Å². The maximum absolute atomic E-state index is 9.90. The molecule has 0 heterocycles. The standard InChI is InChI=1S/C37H59BNO2/c1-3-5-7-9-11-13-15-17-19-21-27-37(28-22-20-18-16-14-12-10-8-6-4-2)35-29-31(38-40)23-25-33(35)34-26-24-32(39-41)30-36(34)37/h23-26,29-30,39-41H,3-22,27-28H2,1-2H3. The third-order valence-corrected chi connectivity index (χ3v) is 9.58. The van der Waals surface area contributed by atoms with Crippen LogP contribution in [0.5, 0.6) is 0 Å². The SMILES string of the molecule is CCCCCCCCCCCCC1(CCCCCCCCCCCC)c2cc([B]O)ccc2-c2ccc(NO)cc21. The van der Waals surface area contributed by atoms with Crippen molar-refractivity contribution in [1.82, 2.24) is 0 Å². The first-order valence-electron chi connectivity index (χ1n) is 17.4. The molecule has 0 fully saturated rings.